The van der Waals surface area contributed by atoms with E-state index >= 15 is 0 Å². The van der Waals surface area contributed by atoms with Crippen LogP contribution < -0.4 is 5.32 Å². The van der Waals surface area contributed by atoms with E-state index in [2.05, 4.69) is 29.5 Å². The van der Waals surface area contributed by atoms with Crippen molar-refractivity contribution in [2.45, 2.75) is 26.8 Å². The van der Waals surface area contributed by atoms with Crippen LogP contribution in [0.1, 0.15) is 23.7 Å². The molecule has 0 fully saturated rings. The molecule has 4 heteroatoms. The Kier molecular flexibility index (Phi) is 4.63. The van der Waals surface area contributed by atoms with Gasteiger partial charge >= 0.3 is 0 Å². The smallest absolute Gasteiger partial charge is 0.144 e. The predicted octanol–water partition coefficient (Wildman–Crippen LogP) is 2.73. The van der Waals surface area contributed by atoms with Crippen molar-refractivity contribution < 1.29 is 0 Å². The summed E-state index contributed by atoms with van der Waals surface area (Å²) in [5, 5.41) is 12.4. The zero-order valence-electron chi connectivity index (χ0n) is 10.2. The van der Waals surface area contributed by atoms with Crippen LogP contribution in [0.15, 0.2) is 6.07 Å². The summed E-state index contributed by atoms with van der Waals surface area (Å²) in [5.41, 5.74) is 2.57. The lowest BCUT2D eigenvalue weighted by Crippen LogP contribution is -2.20. The van der Waals surface area contributed by atoms with Gasteiger partial charge in [0.15, 0.2) is 0 Å². The molecule has 1 heterocycles. The maximum Gasteiger partial charge on any atom is 0.144 e. The number of nitrogens with one attached hydrogen (secondary N) is 1. The van der Waals surface area contributed by atoms with Gasteiger partial charge in [0.2, 0.25) is 0 Å². The fraction of sp³-hybridized carbons (Fsp3) is 0.500. The largest absolute Gasteiger partial charge is 0.366 e. The summed E-state index contributed by atoms with van der Waals surface area (Å²) in [6.07, 6.45) is 2.07. The van der Waals surface area contributed by atoms with Crippen LogP contribution in [-0.2, 0) is 0 Å². The van der Waals surface area contributed by atoms with E-state index in [1.807, 2.05) is 19.9 Å². The first-order chi connectivity index (χ1) is 7.58. The van der Waals surface area contributed by atoms with Gasteiger partial charge in [-0.15, -0.1) is 0 Å². The third-order valence-corrected chi connectivity index (χ3v) is 3.09. The predicted molar refractivity (Wildman–Crippen MR) is 69.9 cm³/mol. The highest BCUT2D eigenvalue weighted by atomic mass is 32.2. The molecule has 0 aliphatic carbocycles. The van der Waals surface area contributed by atoms with Gasteiger partial charge in [-0.2, -0.15) is 17.0 Å². The van der Waals surface area contributed by atoms with Crippen LogP contribution in [0.5, 0.6) is 0 Å². The van der Waals surface area contributed by atoms with E-state index in [1.54, 1.807) is 11.8 Å². The van der Waals surface area contributed by atoms with Crippen molar-refractivity contribution in [2.75, 3.05) is 17.3 Å². The number of thioether (sulfide) groups is 1. The average Bonchev–Trinajstić information content (AvgIpc) is 2.17. The fourth-order valence-corrected chi connectivity index (χ4v) is 2.19. The summed E-state index contributed by atoms with van der Waals surface area (Å²) in [5.74, 6) is 1.71. The molecule has 0 aliphatic rings. The monoisotopic (exact) mass is 235 g/mol. The molecule has 3 nitrogen and oxygen atoms in total. The molecular formula is C12H17N3S. The highest BCUT2D eigenvalue weighted by Gasteiger charge is 2.10. The lowest BCUT2D eigenvalue weighted by molar-refractivity contribution is 0.897. The molecule has 0 bridgehead atoms. The second-order valence-electron chi connectivity index (χ2n) is 3.92. The second kappa shape index (κ2) is 5.76. The van der Waals surface area contributed by atoms with Crippen molar-refractivity contribution in [1.29, 1.82) is 5.26 Å². The van der Waals surface area contributed by atoms with E-state index < -0.39 is 0 Å². The van der Waals surface area contributed by atoms with E-state index in [0.29, 0.717) is 17.4 Å². The third-order valence-electron chi connectivity index (χ3n) is 2.26. The van der Waals surface area contributed by atoms with Crippen molar-refractivity contribution in [3.05, 3.63) is 22.9 Å². The molecule has 1 aromatic heterocycles. The van der Waals surface area contributed by atoms with E-state index in [-0.39, 0.29) is 0 Å². The van der Waals surface area contributed by atoms with Crippen molar-refractivity contribution in [3.63, 3.8) is 0 Å². The Morgan fingerprint density at radius 3 is 2.81 bits per heavy atom. The number of nitrogens with zero attached hydrogens (tertiary/aromatic N) is 2. The Balaban J connectivity index is 2.99. The second-order valence-corrected chi connectivity index (χ2v) is 4.83. The summed E-state index contributed by atoms with van der Waals surface area (Å²) in [7, 11) is 0. The highest BCUT2D eigenvalue weighted by molar-refractivity contribution is 7.98. The molecule has 0 radical (unpaired) electrons. The summed E-state index contributed by atoms with van der Waals surface area (Å²) in [6, 6.07) is 4.46. The summed E-state index contributed by atoms with van der Waals surface area (Å²) in [6.45, 7) is 5.98. The summed E-state index contributed by atoms with van der Waals surface area (Å²) >= 11 is 1.78. The van der Waals surface area contributed by atoms with Crippen molar-refractivity contribution in [3.8, 4) is 6.07 Å². The van der Waals surface area contributed by atoms with Gasteiger partial charge in [0.25, 0.3) is 0 Å². The number of aryl methyl sites for hydroxylation is 2. The maximum absolute atomic E-state index is 9.10. The van der Waals surface area contributed by atoms with E-state index in [1.165, 1.54) is 0 Å². The molecule has 1 aromatic rings. The van der Waals surface area contributed by atoms with Crippen LogP contribution in [0.3, 0.4) is 0 Å². The first-order valence-electron chi connectivity index (χ1n) is 5.22. The van der Waals surface area contributed by atoms with Crippen molar-refractivity contribution >= 4 is 17.6 Å². The van der Waals surface area contributed by atoms with Crippen LogP contribution in [0.2, 0.25) is 0 Å². The topological polar surface area (TPSA) is 48.7 Å². The first-order valence-corrected chi connectivity index (χ1v) is 6.61. The molecule has 0 aliphatic heterocycles. The van der Waals surface area contributed by atoms with Gasteiger partial charge in [-0.1, -0.05) is 0 Å². The SMILES string of the molecule is CSCC(C)Nc1nc(C)cc(C)c1C#N. The van der Waals surface area contributed by atoms with Gasteiger partial charge in [-0.25, -0.2) is 4.98 Å². The molecule has 0 amide bonds. The molecule has 0 saturated carbocycles. The van der Waals surface area contributed by atoms with Crippen LogP contribution >= 0.6 is 11.8 Å². The normalized spacial score (nSPS) is 11.9. The molecule has 0 aromatic carbocycles. The molecule has 86 valence electrons. The van der Waals surface area contributed by atoms with Gasteiger partial charge in [0, 0.05) is 17.5 Å². The maximum atomic E-state index is 9.10. The van der Waals surface area contributed by atoms with Crippen LogP contribution in [0.25, 0.3) is 0 Å². The number of hydrogen-bond donors (Lipinski definition) is 1. The number of hydrogen-bond acceptors (Lipinski definition) is 4. The Morgan fingerprint density at radius 1 is 1.56 bits per heavy atom. The minimum absolute atomic E-state index is 0.316. The van der Waals surface area contributed by atoms with Gasteiger partial charge in [-0.3, -0.25) is 0 Å². The van der Waals surface area contributed by atoms with Crippen molar-refractivity contribution in [1.82, 2.24) is 4.98 Å². The highest BCUT2D eigenvalue weighted by Crippen LogP contribution is 2.18. The van der Waals surface area contributed by atoms with Gasteiger partial charge in [-0.05, 0) is 38.7 Å². The van der Waals surface area contributed by atoms with E-state index in [9.17, 15) is 0 Å². The zero-order valence-corrected chi connectivity index (χ0v) is 11.0. The molecule has 16 heavy (non-hydrogen) atoms. The zero-order chi connectivity index (χ0) is 12.1. The minimum Gasteiger partial charge on any atom is -0.366 e. The van der Waals surface area contributed by atoms with Gasteiger partial charge < -0.3 is 5.32 Å². The molecule has 0 saturated heterocycles. The molecular weight excluding hydrogens is 218 g/mol. The number of pyridine rings is 1. The van der Waals surface area contributed by atoms with Crippen molar-refractivity contribution in [2.24, 2.45) is 0 Å². The van der Waals surface area contributed by atoms with Gasteiger partial charge in [0.05, 0.1) is 5.56 Å². The average molecular weight is 235 g/mol. The van der Waals surface area contributed by atoms with Crippen LogP contribution in [-0.4, -0.2) is 23.0 Å². The first kappa shape index (κ1) is 12.9. The molecule has 1 N–H and O–H groups in total. The Morgan fingerprint density at radius 2 is 2.25 bits per heavy atom. The van der Waals surface area contributed by atoms with Crippen LogP contribution in [0.4, 0.5) is 5.82 Å². The number of aromatic nitrogens is 1. The van der Waals surface area contributed by atoms with Gasteiger partial charge in [0.1, 0.15) is 11.9 Å². The third kappa shape index (κ3) is 3.14. The van der Waals surface area contributed by atoms with E-state index in [0.717, 1.165) is 17.0 Å². The number of anilines is 1. The van der Waals surface area contributed by atoms with E-state index in [4.69, 9.17) is 5.26 Å². The lowest BCUT2D eigenvalue weighted by atomic mass is 10.1. The summed E-state index contributed by atoms with van der Waals surface area (Å²) < 4.78 is 0. The number of nitriles is 1. The summed E-state index contributed by atoms with van der Waals surface area (Å²) in [4.78, 5) is 4.38. The molecule has 0 spiro atoms. The Hall–Kier alpha value is -1.21. The fourth-order valence-electron chi connectivity index (χ4n) is 1.61. The molecule has 1 unspecified atom stereocenters. The standard InChI is InChI=1S/C12H17N3S/c1-8-5-9(2)14-12(11(8)6-13)15-10(3)7-16-4/h5,10H,7H2,1-4H3,(H,14,15). The quantitative estimate of drug-likeness (QED) is 0.871. The Bertz CT molecular complexity index is 409. The van der Waals surface area contributed by atoms with Crippen LogP contribution in [0, 0.1) is 25.2 Å². The molecule has 1 atom stereocenters. The molecule has 1 rings (SSSR count). The minimum atomic E-state index is 0.316. The number of rotatable bonds is 4. The lowest BCUT2D eigenvalue weighted by Gasteiger charge is -2.15. The Labute approximate surface area is 101 Å².